The normalized spacial score (nSPS) is 10.1. The standard InChI is InChI=1S/C13H13N3O4/c1-8-5-10(14)13(15-7-8)20-12-4-3-9(19-2)6-11(12)16(17)18/h3-7H,14H2,1-2H3. The van der Waals surface area contributed by atoms with Crippen LogP contribution >= 0.6 is 0 Å². The summed E-state index contributed by atoms with van der Waals surface area (Å²) in [5.41, 5.74) is 6.74. The lowest BCUT2D eigenvalue weighted by Gasteiger charge is -2.09. The zero-order valence-electron chi connectivity index (χ0n) is 11.0. The van der Waals surface area contributed by atoms with Crippen LogP contribution in [-0.2, 0) is 0 Å². The summed E-state index contributed by atoms with van der Waals surface area (Å²) in [6, 6.07) is 5.96. The van der Waals surface area contributed by atoms with Crippen molar-refractivity contribution in [2.24, 2.45) is 0 Å². The molecule has 0 atom stereocenters. The fraction of sp³-hybridized carbons (Fsp3) is 0.154. The molecule has 0 unspecified atom stereocenters. The molecule has 0 fully saturated rings. The minimum absolute atomic E-state index is 0.0545. The van der Waals surface area contributed by atoms with Gasteiger partial charge in [0.25, 0.3) is 0 Å². The molecule has 7 heteroatoms. The van der Waals surface area contributed by atoms with Crippen molar-refractivity contribution in [2.75, 3.05) is 12.8 Å². The second-order valence-electron chi connectivity index (χ2n) is 4.10. The Kier molecular flexibility index (Phi) is 3.69. The number of ether oxygens (including phenoxy) is 2. The highest BCUT2D eigenvalue weighted by atomic mass is 16.6. The van der Waals surface area contributed by atoms with E-state index in [1.807, 2.05) is 6.92 Å². The number of nitrogen functional groups attached to an aromatic ring is 1. The van der Waals surface area contributed by atoms with Gasteiger partial charge in [-0.05, 0) is 30.7 Å². The molecule has 0 saturated heterocycles. The molecule has 7 nitrogen and oxygen atoms in total. The topological polar surface area (TPSA) is 101 Å². The van der Waals surface area contributed by atoms with E-state index in [0.29, 0.717) is 11.4 Å². The van der Waals surface area contributed by atoms with Crippen LogP contribution in [0, 0.1) is 17.0 Å². The van der Waals surface area contributed by atoms with Gasteiger partial charge in [0.1, 0.15) is 5.75 Å². The Bertz CT molecular complexity index is 658. The molecule has 2 rings (SSSR count). The Morgan fingerprint density at radius 1 is 1.35 bits per heavy atom. The third-order valence-electron chi connectivity index (χ3n) is 2.58. The van der Waals surface area contributed by atoms with E-state index in [0.717, 1.165) is 5.56 Å². The smallest absolute Gasteiger partial charge is 0.315 e. The largest absolute Gasteiger partial charge is 0.496 e. The number of methoxy groups -OCH3 is 1. The van der Waals surface area contributed by atoms with E-state index in [2.05, 4.69) is 4.98 Å². The van der Waals surface area contributed by atoms with Crippen LogP contribution in [0.2, 0.25) is 0 Å². The van der Waals surface area contributed by atoms with Gasteiger partial charge in [-0.2, -0.15) is 0 Å². The van der Waals surface area contributed by atoms with Crippen LogP contribution in [0.3, 0.4) is 0 Å². The van der Waals surface area contributed by atoms with Crippen LogP contribution in [-0.4, -0.2) is 17.0 Å². The number of aromatic nitrogens is 1. The van der Waals surface area contributed by atoms with Gasteiger partial charge in [0.05, 0.1) is 23.8 Å². The first kappa shape index (κ1) is 13.6. The van der Waals surface area contributed by atoms with E-state index in [1.165, 1.54) is 19.2 Å². The summed E-state index contributed by atoms with van der Waals surface area (Å²) < 4.78 is 10.4. The van der Waals surface area contributed by atoms with Gasteiger partial charge in [-0.1, -0.05) is 0 Å². The van der Waals surface area contributed by atoms with Crippen LogP contribution in [0.5, 0.6) is 17.4 Å². The van der Waals surface area contributed by atoms with Gasteiger partial charge >= 0.3 is 5.69 Å². The molecule has 0 radical (unpaired) electrons. The molecule has 0 bridgehead atoms. The molecule has 0 aliphatic rings. The number of nitro benzene ring substituents is 1. The first-order chi connectivity index (χ1) is 9.51. The second-order valence-corrected chi connectivity index (χ2v) is 4.10. The molecule has 0 aliphatic heterocycles. The Hall–Kier alpha value is -2.83. The van der Waals surface area contributed by atoms with Crippen molar-refractivity contribution < 1.29 is 14.4 Å². The van der Waals surface area contributed by atoms with Crippen LogP contribution in [0.1, 0.15) is 5.56 Å². The monoisotopic (exact) mass is 275 g/mol. The molecule has 1 aromatic heterocycles. The van der Waals surface area contributed by atoms with Gasteiger partial charge in [0.2, 0.25) is 11.6 Å². The summed E-state index contributed by atoms with van der Waals surface area (Å²) >= 11 is 0. The van der Waals surface area contributed by atoms with Gasteiger partial charge in [-0.3, -0.25) is 10.1 Å². The number of hydrogen-bond acceptors (Lipinski definition) is 6. The van der Waals surface area contributed by atoms with Crippen molar-refractivity contribution >= 4 is 11.4 Å². The van der Waals surface area contributed by atoms with Crippen molar-refractivity contribution in [1.29, 1.82) is 0 Å². The summed E-state index contributed by atoms with van der Waals surface area (Å²) in [5, 5.41) is 11.0. The van der Waals surface area contributed by atoms with Crippen LogP contribution in [0.15, 0.2) is 30.5 Å². The maximum absolute atomic E-state index is 11.0. The average molecular weight is 275 g/mol. The van der Waals surface area contributed by atoms with E-state index in [-0.39, 0.29) is 17.3 Å². The van der Waals surface area contributed by atoms with Crippen molar-refractivity contribution in [3.63, 3.8) is 0 Å². The predicted molar refractivity (Wildman–Crippen MR) is 73.1 cm³/mol. The number of nitrogens with two attached hydrogens (primary N) is 1. The fourth-order valence-corrected chi connectivity index (χ4v) is 1.62. The van der Waals surface area contributed by atoms with E-state index in [9.17, 15) is 10.1 Å². The van der Waals surface area contributed by atoms with E-state index < -0.39 is 4.92 Å². The Balaban J connectivity index is 2.40. The lowest BCUT2D eigenvalue weighted by molar-refractivity contribution is -0.385. The molecule has 1 aromatic carbocycles. The highest BCUT2D eigenvalue weighted by molar-refractivity contribution is 5.56. The Morgan fingerprint density at radius 2 is 2.10 bits per heavy atom. The van der Waals surface area contributed by atoms with Gasteiger partial charge in [0, 0.05) is 6.20 Å². The predicted octanol–water partition coefficient (Wildman–Crippen LogP) is 2.68. The summed E-state index contributed by atoms with van der Waals surface area (Å²) in [5.74, 6) is 0.552. The van der Waals surface area contributed by atoms with Gasteiger partial charge in [0.15, 0.2) is 0 Å². The Morgan fingerprint density at radius 3 is 2.70 bits per heavy atom. The molecule has 0 saturated carbocycles. The van der Waals surface area contributed by atoms with Gasteiger partial charge in [-0.15, -0.1) is 0 Å². The van der Waals surface area contributed by atoms with Crippen molar-refractivity contribution in [3.8, 4) is 17.4 Å². The van der Waals surface area contributed by atoms with E-state index >= 15 is 0 Å². The molecular weight excluding hydrogens is 262 g/mol. The third-order valence-corrected chi connectivity index (χ3v) is 2.58. The molecule has 0 aliphatic carbocycles. The summed E-state index contributed by atoms with van der Waals surface area (Å²) in [6.45, 7) is 1.84. The second kappa shape index (κ2) is 5.43. The van der Waals surface area contributed by atoms with Crippen molar-refractivity contribution in [2.45, 2.75) is 6.92 Å². The van der Waals surface area contributed by atoms with Crippen LogP contribution in [0.25, 0.3) is 0 Å². The lowest BCUT2D eigenvalue weighted by Crippen LogP contribution is -1.99. The van der Waals surface area contributed by atoms with Crippen LogP contribution < -0.4 is 15.2 Å². The lowest BCUT2D eigenvalue weighted by atomic mass is 10.2. The summed E-state index contributed by atoms with van der Waals surface area (Å²) in [7, 11) is 1.43. The average Bonchev–Trinajstić information content (AvgIpc) is 2.42. The van der Waals surface area contributed by atoms with E-state index in [4.69, 9.17) is 15.2 Å². The molecule has 2 N–H and O–H groups in total. The van der Waals surface area contributed by atoms with Crippen LogP contribution in [0.4, 0.5) is 11.4 Å². The third kappa shape index (κ3) is 2.77. The Labute approximate surface area is 115 Å². The number of nitrogens with zero attached hydrogens (tertiary/aromatic N) is 2. The number of nitro groups is 1. The first-order valence-electron chi connectivity index (χ1n) is 5.73. The van der Waals surface area contributed by atoms with E-state index in [1.54, 1.807) is 18.3 Å². The number of aryl methyl sites for hydroxylation is 1. The zero-order chi connectivity index (χ0) is 14.7. The van der Waals surface area contributed by atoms with Gasteiger partial charge < -0.3 is 15.2 Å². The number of pyridine rings is 1. The number of anilines is 1. The molecule has 2 aromatic rings. The molecule has 0 amide bonds. The summed E-state index contributed by atoms with van der Waals surface area (Å²) in [4.78, 5) is 14.5. The highest BCUT2D eigenvalue weighted by Crippen LogP contribution is 2.35. The maximum Gasteiger partial charge on any atom is 0.315 e. The fourth-order valence-electron chi connectivity index (χ4n) is 1.62. The first-order valence-corrected chi connectivity index (χ1v) is 5.73. The SMILES string of the molecule is COc1ccc(Oc2ncc(C)cc2N)c([N+](=O)[O-])c1. The number of hydrogen-bond donors (Lipinski definition) is 1. The highest BCUT2D eigenvalue weighted by Gasteiger charge is 2.18. The number of rotatable bonds is 4. The maximum atomic E-state index is 11.0. The minimum atomic E-state index is -0.553. The van der Waals surface area contributed by atoms with Crippen molar-refractivity contribution in [3.05, 3.63) is 46.1 Å². The molecule has 20 heavy (non-hydrogen) atoms. The molecular formula is C13H13N3O4. The number of benzene rings is 1. The zero-order valence-corrected chi connectivity index (χ0v) is 11.0. The molecule has 104 valence electrons. The molecule has 0 spiro atoms. The molecule has 1 heterocycles. The van der Waals surface area contributed by atoms with Crippen molar-refractivity contribution in [1.82, 2.24) is 4.98 Å². The summed E-state index contributed by atoms with van der Waals surface area (Å²) in [6.07, 6.45) is 1.57. The van der Waals surface area contributed by atoms with Gasteiger partial charge in [-0.25, -0.2) is 4.98 Å². The quantitative estimate of drug-likeness (QED) is 0.680. The minimum Gasteiger partial charge on any atom is -0.496 e.